The molecule has 0 saturated carbocycles. The Hall–Kier alpha value is -2.10. The number of rotatable bonds is 2. The van der Waals surface area contributed by atoms with Crippen molar-refractivity contribution in [2.45, 2.75) is 12.8 Å². The number of fused-ring (bicyclic) bond motifs is 1. The van der Waals surface area contributed by atoms with Crippen LogP contribution in [-0.4, -0.2) is 24.0 Å². The molecule has 2 N–H and O–H groups in total. The summed E-state index contributed by atoms with van der Waals surface area (Å²) in [5.41, 5.74) is 6.40. The van der Waals surface area contributed by atoms with Gasteiger partial charge in [0.2, 0.25) is 5.91 Å². The molecule has 1 amide bonds. The van der Waals surface area contributed by atoms with Gasteiger partial charge in [-0.05, 0) is 31.0 Å². The fourth-order valence-electron chi connectivity index (χ4n) is 2.65. The Morgan fingerprint density at radius 2 is 2.11 bits per heavy atom. The molecule has 2 aromatic rings. The van der Waals surface area contributed by atoms with E-state index in [4.69, 9.17) is 5.73 Å². The van der Waals surface area contributed by atoms with Gasteiger partial charge < -0.3 is 10.6 Å². The van der Waals surface area contributed by atoms with Crippen LogP contribution in [0, 0.1) is 5.92 Å². The highest BCUT2D eigenvalue weighted by atomic mass is 16.1. The Bertz CT molecular complexity index is 611. The number of nitrogens with zero attached hydrogens (tertiary/aromatic N) is 2. The molecule has 4 nitrogen and oxygen atoms in total. The van der Waals surface area contributed by atoms with Gasteiger partial charge in [-0.15, -0.1) is 0 Å². The molecule has 1 saturated heterocycles. The number of piperidine rings is 1. The summed E-state index contributed by atoms with van der Waals surface area (Å²) in [6.45, 7) is 1.62. The van der Waals surface area contributed by atoms with E-state index in [1.165, 1.54) is 0 Å². The predicted octanol–water partition coefficient (Wildman–Crippen LogP) is 1.94. The number of amides is 1. The first-order valence-electron chi connectivity index (χ1n) is 6.64. The second-order valence-corrected chi connectivity index (χ2v) is 5.05. The Morgan fingerprint density at radius 1 is 1.26 bits per heavy atom. The number of nitrogens with two attached hydrogens (primary N) is 1. The van der Waals surface area contributed by atoms with Gasteiger partial charge in [0.05, 0.1) is 11.4 Å². The molecule has 4 heteroatoms. The Balaban J connectivity index is 1.89. The number of carbonyl (C=O) groups excluding carboxylic acids is 1. The molecule has 1 fully saturated rings. The van der Waals surface area contributed by atoms with Crippen molar-refractivity contribution in [3.8, 4) is 0 Å². The third kappa shape index (κ3) is 2.38. The van der Waals surface area contributed by atoms with Crippen LogP contribution in [0.3, 0.4) is 0 Å². The fourth-order valence-corrected chi connectivity index (χ4v) is 2.65. The summed E-state index contributed by atoms with van der Waals surface area (Å²) in [5, 5.41) is 1.13. The lowest BCUT2D eigenvalue weighted by molar-refractivity contribution is -0.122. The maximum atomic E-state index is 11.3. The quantitative estimate of drug-likeness (QED) is 0.892. The molecule has 3 rings (SSSR count). The molecule has 0 bridgehead atoms. The lowest BCUT2D eigenvalue weighted by Crippen LogP contribution is -2.41. The van der Waals surface area contributed by atoms with Gasteiger partial charge in [0.15, 0.2) is 0 Å². The molecule has 19 heavy (non-hydrogen) atoms. The number of carbonyl (C=O) groups is 1. The van der Waals surface area contributed by atoms with Gasteiger partial charge in [0.25, 0.3) is 0 Å². The zero-order valence-corrected chi connectivity index (χ0v) is 10.7. The monoisotopic (exact) mass is 255 g/mol. The summed E-state index contributed by atoms with van der Waals surface area (Å²) in [6.07, 6.45) is 1.88. The van der Waals surface area contributed by atoms with Gasteiger partial charge in [-0.2, -0.15) is 0 Å². The summed E-state index contributed by atoms with van der Waals surface area (Å²) < 4.78 is 0. The van der Waals surface area contributed by atoms with Crippen molar-refractivity contribution in [1.82, 2.24) is 4.98 Å². The number of benzene rings is 1. The lowest BCUT2D eigenvalue weighted by atomic mass is 9.97. The minimum atomic E-state index is -0.203. The van der Waals surface area contributed by atoms with Crippen LogP contribution < -0.4 is 10.6 Å². The van der Waals surface area contributed by atoms with Crippen LogP contribution in [0.1, 0.15) is 12.8 Å². The Labute approximate surface area is 112 Å². The van der Waals surface area contributed by atoms with Gasteiger partial charge >= 0.3 is 0 Å². The molecule has 0 radical (unpaired) electrons. The summed E-state index contributed by atoms with van der Waals surface area (Å²) in [4.78, 5) is 18.1. The van der Waals surface area contributed by atoms with Crippen LogP contribution in [0.15, 0.2) is 36.4 Å². The SMILES string of the molecule is NC(=O)C1CCCN(c2ccc3ccccc3n2)C1. The van der Waals surface area contributed by atoms with Gasteiger partial charge in [0.1, 0.15) is 5.82 Å². The van der Waals surface area contributed by atoms with Crippen molar-refractivity contribution < 1.29 is 4.79 Å². The molecule has 1 atom stereocenters. The van der Waals surface area contributed by atoms with E-state index in [0.29, 0.717) is 6.54 Å². The van der Waals surface area contributed by atoms with E-state index in [-0.39, 0.29) is 11.8 Å². The number of anilines is 1. The molecule has 1 aliphatic rings. The second-order valence-electron chi connectivity index (χ2n) is 5.05. The number of hydrogen-bond acceptors (Lipinski definition) is 3. The number of pyridine rings is 1. The van der Waals surface area contributed by atoms with Crippen LogP contribution >= 0.6 is 0 Å². The van der Waals surface area contributed by atoms with Crippen LogP contribution in [0.5, 0.6) is 0 Å². The van der Waals surface area contributed by atoms with Crippen molar-refractivity contribution in [1.29, 1.82) is 0 Å². The second kappa shape index (κ2) is 4.88. The van der Waals surface area contributed by atoms with Crippen molar-refractivity contribution >= 4 is 22.6 Å². The largest absolute Gasteiger partial charge is 0.369 e. The highest BCUT2D eigenvalue weighted by Crippen LogP contribution is 2.23. The van der Waals surface area contributed by atoms with Crippen molar-refractivity contribution in [3.05, 3.63) is 36.4 Å². The van der Waals surface area contributed by atoms with Gasteiger partial charge in [-0.3, -0.25) is 4.79 Å². The molecule has 0 spiro atoms. The number of para-hydroxylation sites is 1. The smallest absolute Gasteiger partial charge is 0.222 e. The maximum absolute atomic E-state index is 11.3. The van der Waals surface area contributed by atoms with Crippen molar-refractivity contribution in [2.75, 3.05) is 18.0 Å². The zero-order chi connectivity index (χ0) is 13.2. The molecular weight excluding hydrogens is 238 g/mol. The minimum Gasteiger partial charge on any atom is -0.369 e. The summed E-state index contributed by atoms with van der Waals surface area (Å²) >= 11 is 0. The van der Waals surface area contributed by atoms with E-state index in [9.17, 15) is 4.79 Å². The fraction of sp³-hybridized carbons (Fsp3) is 0.333. The lowest BCUT2D eigenvalue weighted by Gasteiger charge is -2.32. The van der Waals surface area contributed by atoms with E-state index < -0.39 is 0 Å². The molecule has 1 aliphatic heterocycles. The van der Waals surface area contributed by atoms with E-state index in [1.54, 1.807) is 0 Å². The average Bonchev–Trinajstić information content (AvgIpc) is 2.47. The van der Waals surface area contributed by atoms with Crippen molar-refractivity contribution in [3.63, 3.8) is 0 Å². The van der Waals surface area contributed by atoms with E-state index >= 15 is 0 Å². The standard InChI is InChI=1S/C15H17N3O/c16-15(19)12-5-3-9-18(10-12)14-8-7-11-4-1-2-6-13(11)17-14/h1-2,4,6-8,12H,3,5,9-10H2,(H2,16,19). The first-order valence-corrected chi connectivity index (χ1v) is 6.64. The first-order chi connectivity index (χ1) is 9.24. The molecule has 2 heterocycles. The van der Waals surface area contributed by atoms with Crippen molar-refractivity contribution in [2.24, 2.45) is 11.7 Å². The molecule has 1 unspecified atom stereocenters. The number of aromatic nitrogens is 1. The minimum absolute atomic E-state index is 0.0537. The maximum Gasteiger partial charge on any atom is 0.222 e. The summed E-state index contributed by atoms with van der Waals surface area (Å²) in [6, 6.07) is 12.1. The average molecular weight is 255 g/mol. The highest BCUT2D eigenvalue weighted by Gasteiger charge is 2.24. The molecule has 1 aromatic heterocycles. The normalized spacial score (nSPS) is 19.6. The molecule has 98 valence electrons. The molecule has 0 aliphatic carbocycles. The van der Waals surface area contributed by atoms with E-state index in [2.05, 4.69) is 22.0 Å². The third-order valence-corrected chi connectivity index (χ3v) is 3.73. The van der Waals surface area contributed by atoms with E-state index in [1.807, 2.05) is 24.3 Å². The molecular formula is C15H17N3O. The highest BCUT2D eigenvalue weighted by molar-refractivity contribution is 5.81. The summed E-state index contributed by atoms with van der Waals surface area (Å²) in [7, 11) is 0. The first kappa shape index (κ1) is 12.0. The summed E-state index contributed by atoms with van der Waals surface area (Å²) in [5.74, 6) is 0.678. The molecule has 1 aromatic carbocycles. The number of hydrogen-bond donors (Lipinski definition) is 1. The van der Waals surface area contributed by atoms with Crippen LogP contribution in [0.4, 0.5) is 5.82 Å². The van der Waals surface area contributed by atoms with Crippen LogP contribution in [-0.2, 0) is 4.79 Å². The number of primary amides is 1. The van der Waals surface area contributed by atoms with Crippen LogP contribution in [0.2, 0.25) is 0 Å². The van der Waals surface area contributed by atoms with Crippen LogP contribution in [0.25, 0.3) is 10.9 Å². The van der Waals surface area contributed by atoms with E-state index in [0.717, 1.165) is 36.1 Å². The Kier molecular flexibility index (Phi) is 3.07. The Morgan fingerprint density at radius 3 is 2.95 bits per heavy atom. The van der Waals surface area contributed by atoms with Gasteiger partial charge in [0, 0.05) is 18.5 Å². The van der Waals surface area contributed by atoms with Gasteiger partial charge in [-0.1, -0.05) is 18.2 Å². The topological polar surface area (TPSA) is 59.2 Å². The predicted molar refractivity (Wildman–Crippen MR) is 75.9 cm³/mol. The zero-order valence-electron chi connectivity index (χ0n) is 10.7. The van der Waals surface area contributed by atoms with Gasteiger partial charge in [-0.25, -0.2) is 4.98 Å². The third-order valence-electron chi connectivity index (χ3n) is 3.73.